The zero-order valence-electron chi connectivity index (χ0n) is 19.1. The van der Waals surface area contributed by atoms with Gasteiger partial charge >= 0.3 is 0 Å². The largest absolute Gasteiger partial charge is 0.342 e. The van der Waals surface area contributed by atoms with Crippen LogP contribution in [0.15, 0.2) is 64.7 Å². The van der Waals surface area contributed by atoms with E-state index in [0.29, 0.717) is 38.8 Å². The fourth-order valence-electron chi connectivity index (χ4n) is 3.23. The number of nitrogens with one attached hydrogen (secondary N) is 2. The van der Waals surface area contributed by atoms with Crippen molar-refractivity contribution in [3.8, 4) is 0 Å². The summed E-state index contributed by atoms with van der Waals surface area (Å²) in [6.45, 7) is 8.20. The van der Waals surface area contributed by atoms with Gasteiger partial charge in [0, 0.05) is 16.7 Å². The molecule has 11 heteroatoms. The van der Waals surface area contributed by atoms with Crippen molar-refractivity contribution in [3.05, 3.63) is 81.0 Å². The highest BCUT2D eigenvalue weighted by Crippen LogP contribution is 2.28. The Kier molecular flexibility index (Phi) is 9.80. The van der Waals surface area contributed by atoms with E-state index in [1.54, 1.807) is 48.5 Å². The van der Waals surface area contributed by atoms with Crippen molar-refractivity contribution in [2.24, 2.45) is 5.92 Å². The Bertz CT molecular complexity index is 1230. The summed E-state index contributed by atoms with van der Waals surface area (Å²) in [6.07, 6.45) is 1.72. The number of halogens is 3. The topological polar surface area (TPSA) is 88.9 Å². The normalized spacial score (nSPS) is 11.8. The Hall–Kier alpha value is -2.33. The van der Waals surface area contributed by atoms with Crippen molar-refractivity contribution < 1.29 is 9.59 Å². The van der Waals surface area contributed by atoms with Crippen molar-refractivity contribution >= 4 is 68.4 Å². The van der Waals surface area contributed by atoms with Gasteiger partial charge < -0.3 is 15.2 Å². The number of benzene rings is 2. The first-order valence-electron chi connectivity index (χ1n) is 10.7. The van der Waals surface area contributed by atoms with Crippen LogP contribution >= 0.6 is 50.9 Å². The molecular weight excluding hydrogens is 573 g/mol. The van der Waals surface area contributed by atoms with Crippen molar-refractivity contribution in [1.82, 2.24) is 20.1 Å². The van der Waals surface area contributed by atoms with Gasteiger partial charge in [0.2, 0.25) is 5.91 Å². The molecule has 2 amide bonds. The van der Waals surface area contributed by atoms with Crippen LogP contribution in [0.25, 0.3) is 0 Å². The zero-order chi connectivity index (χ0) is 25.5. The molecule has 7 nitrogen and oxygen atoms in total. The Labute approximate surface area is 226 Å². The average molecular weight is 597 g/mol. The van der Waals surface area contributed by atoms with Gasteiger partial charge in [-0.1, -0.05) is 67.0 Å². The zero-order valence-corrected chi connectivity index (χ0v) is 23.0. The molecule has 0 spiro atoms. The number of carbonyl (C=O) groups is 2. The quantitative estimate of drug-likeness (QED) is 0.209. The van der Waals surface area contributed by atoms with E-state index in [0.717, 1.165) is 4.47 Å². The molecule has 2 aromatic carbocycles. The van der Waals surface area contributed by atoms with Gasteiger partial charge in [-0.05, 0) is 52.2 Å². The maximum Gasteiger partial charge on any atom is 0.253 e. The minimum absolute atomic E-state index is 0.0116. The second kappa shape index (κ2) is 12.6. The molecule has 3 aromatic rings. The predicted octanol–water partition coefficient (Wildman–Crippen LogP) is 6.39. The number of amides is 2. The van der Waals surface area contributed by atoms with Gasteiger partial charge in [0.05, 0.1) is 27.4 Å². The third-order valence-electron chi connectivity index (χ3n) is 4.94. The molecule has 184 valence electrons. The molecule has 2 N–H and O–H groups in total. The molecule has 1 atom stereocenters. The Morgan fingerprint density at radius 2 is 1.91 bits per heavy atom. The van der Waals surface area contributed by atoms with E-state index < -0.39 is 6.04 Å². The summed E-state index contributed by atoms with van der Waals surface area (Å²) in [6, 6.07) is 11.6. The molecule has 1 aromatic heterocycles. The predicted molar refractivity (Wildman–Crippen MR) is 145 cm³/mol. The molecule has 0 saturated heterocycles. The molecule has 0 bridgehead atoms. The summed E-state index contributed by atoms with van der Waals surface area (Å²) < 4.78 is 2.59. The van der Waals surface area contributed by atoms with E-state index in [9.17, 15) is 9.59 Å². The van der Waals surface area contributed by atoms with Gasteiger partial charge in [-0.3, -0.25) is 9.59 Å². The first kappa shape index (κ1) is 27.3. The number of carbonyl (C=O) groups excluding carboxylic acids is 2. The van der Waals surface area contributed by atoms with Crippen LogP contribution in [0.3, 0.4) is 0 Å². The van der Waals surface area contributed by atoms with Crippen LogP contribution in [-0.4, -0.2) is 32.3 Å². The lowest BCUT2D eigenvalue weighted by Crippen LogP contribution is -2.34. The molecule has 0 unspecified atom stereocenters. The van der Waals surface area contributed by atoms with Gasteiger partial charge in [0.15, 0.2) is 11.0 Å². The number of anilines is 1. The highest BCUT2D eigenvalue weighted by atomic mass is 79.9. The molecule has 0 fully saturated rings. The number of nitrogens with zero attached hydrogens (tertiary/aromatic N) is 3. The highest BCUT2D eigenvalue weighted by molar-refractivity contribution is 9.10. The van der Waals surface area contributed by atoms with Crippen molar-refractivity contribution in [2.75, 3.05) is 11.1 Å². The van der Waals surface area contributed by atoms with Crippen molar-refractivity contribution in [2.45, 2.75) is 31.6 Å². The first-order chi connectivity index (χ1) is 16.7. The lowest BCUT2D eigenvalue weighted by Gasteiger charge is -2.23. The standard InChI is InChI=1S/C24H24BrCl2N5O2S/c1-4-11-32-22(21(14(2)3)29-23(34)16-7-5-6-8-18(16)26)30-31-24(32)35-13-20(33)28-15-9-10-17(25)19(27)12-15/h4-10,12,14,21H,1,11,13H2,2-3H3,(H,28,33)(H,29,34)/t21-/m1/s1. The fourth-order valence-corrected chi connectivity index (χ4v) is 4.64. The monoisotopic (exact) mass is 595 g/mol. The molecule has 35 heavy (non-hydrogen) atoms. The molecule has 3 rings (SSSR count). The van der Waals surface area contributed by atoms with Crippen molar-refractivity contribution in [3.63, 3.8) is 0 Å². The second-order valence-corrected chi connectivity index (χ2v) is 10.5. The summed E-state index contributed by atoms with van der Waals surface area (Å²) in [4.78, 5) is 25.4. The van der Waals surface area contributed by atoms with Crippen LogP contribution in [0.4, 0.5) is 5.69 Å². The Morgan fingerprint density at radius 1 is 1.17 bits per heavy atom. The molecule has 0 aliphatic rings. The number of allylic oxidation sites excluding steroid dienone is 1. The molecule has 0 saturated carbocycles. The number of hydrogen-bond acceptors (Lipinski definition) is 5. The smallest absolute Gasteiger partial charge is 0.253 e. The van der Waals surface area contributed by atoms with Crippen LogP contribution in [0.1, 0.15) is 36.1 Å². The maximum atomic E-state index is 12.9. The summed E-state index contributed by atoms with van der Waals surface area (Å²) in [7, 11) is 0. The SMILES string of the molecule is C=CCn1c(SCC(=O)Nc2ccc(Br)c(Cl)c2)nnc1[C@H](NC(=O)c1ccccc1Cl)C(C)C. The Balaban J connectivity index is 1.76. The average Bonchev–Trinajstić information content (AvgIpc) is 3.21. The van der Waals surface area contributed by atoms with Crippen LogP contribution in [0, 0.1) is 5.92 Å². The van der Waals surface area contributed by atoms with Crippen LogP contribution in [0.2, 0.25) is 10.0 Å². The van der Waals surface area contributed by atoms with Crippen LogP contribution < -0.4 is 10.6 Å². The minimum Gasteiger partial charge on any atom is -0.342 e. The van der Waals surface area contributed by atoms with Gasteiger partial charge in [0.25, 0.3) is 5.91 Å². The van der Waals surface area contributed by atoms with Crippen LogP contribution in [0.5, 0.6) is 0 Å². The van der Waals surface area contributed by atoms with Crippen molar-refractivity contribution in [1.29, 1.82) is 0 Å². The maximum absolute atomic E-state index is 12.9. The van der Waals surface area contributed by atoms with E-state index in [4.69, 9.17) is 23.2 Å². The van der Waals surface area contributed by atoms with Gasteiger partial charge in [0.1, 0.15) is 0 Å². The summed E-state index contributed by atoms with van der Waals surface area (Å²) in [5.74, 6) is 0.182. The number of hydrogen-bond donors (Lipinski definition) is 2. The second-order valence-electron chi connectivity index (χ2n) is 7.88. The van der Waals surface area contributed by atoms with Gasteiger partial charge in [-0.15, -0.1) is 16.8 Å². The highest BCUT2D eigenvalue weighted by Gasteiger charge is 2.27. The number of rotatable bonds is 10. The molecule has 0 aliphatic heterocycles. The first-order valence-corrected chi connectivity index (χ1v) is 13.2. The van der Waals surface area contributed by atoms with E-state index >= 15 is 0 Å². The molecule has 1 heterocycles. The Morgan fingerprint density at radius 3 is 2.57 bits per heavy atom. The van der Waals surface area contributed by atoms with E-state index in [-0.39, 0.29) is 23.5 Å². The van der Waals surface area contributed by atoms with Crippen LogP contribution in [-0.2, 0) is 11.3 Å². The van der Waals surface area contributed by atoms with E-state index in [2.05, 4.69) is 43.3 Å². The summed E-state index contributed by atoms with van der Waals surface area (Å²) >= 11 is 16.9. The molecule has 0 radical (unpaired) electrons. The third kappa shape index (κ3) is 7.10. The lowest BCUT2D eigenvalue weighted by molar-refractivity contribution is -0.113. The number of thioether (sulfide) groups is 1. The molecule has 0 aliphatic carbocycles. The van der Waals surface area contributed by atoms with E-state index in [1.807, 2.05) is 18.4 Å². The minimum atomic E-state index is -0.431. The lowest BCUT2D eigenvalue weighted by atomic mass is 10.0. The summed E-state index contributed by atoms with van der Waals surface area (Å²) in [5, 5.41) is 15.9. The van der Waals surface area contributed by atoms with Gasteiger partial charge in [-0.25, -0.2) is 0 Å². The summed E-state index contributed by atoms with van der Waals surface area (Å²) in [5.41, 5.74) is 0.980. The van der Waals surface area contributed by atoms with E-state index in [1.165, 1.54) is 11.8 Å². The number of aromatic nitrogens is 3. The third-order valence-corrected chi connectivity index (χ3v) is 7.47. The fraction of sp³-hybridized carbons (Fsp3) is 0.250. The van der Waals surface area contributed by atoms with Gasteiger partial charge in [-0.2, -0.15) is 0 Å². The molecular formula is C24H24BrCl2N5O2S.